The molecular weight excluding hydrogens is 217 g/mol. The van der Waals surface area contributed by atoms with Crippen molar-refractivity contribution in [2.75, 3.05) is 34.0 Å². The molecule has 106 valence electrons. The molecule has 2 nitrogen and oxygen atoms in total. The summed E-state index contributed by atoms with van der Waals surface area (Å²) in [5.41, 5.74) is 0.438. The van der Waals surface area contributed by atoms with Gasteiger partial charge in [0.05, 0.1) is 13.3 Å². The van der Waals surface area contributed by atoms with Crippen LogP contribution >= 0.6 is 0 Å². The van der Waals surface area contributed by atoms with E-state index in [-0.39, 0.29) is 17.6 Å². The van der Waals surface area contributed by atoms with Crippen molar-refractivity contribution >= 4 is 0 Å². The van der Waals surface area contributed by atoms with Crippen LogP contribution in [0.1, 0.15) is 48.0 Å². The van der Waals surface area contributed by atoms with Gasteiger partial charge in [0.2, 0.25) is 0 Å². The molecule has 3 heteroatoms. The summed E-state index contributed by atoms with van der Waals surface area (Å²) < 4.78 is 16.5. The minimum atomic E-state index is -0.191. The van der Waals surface area contributed by atoms with Crippen LogP contribution in [0.4, 0.5) is 4.39 Å². The van der Waals surface area contributed by atoms with Crippen molar-refractivity contribution in [2.45, 2.75) is 53.5 Å². The average molecular weight is 249 g/mol. The number of hydrogen-bond acceptors (Lipinski definition) is 2. The molecule has 0 amide bonds. The Balaban J connectivity index is 0. The summed E-state index contributed by atoms with van der Waals surface area (Å²) in [7, 11) is 3.84. The molecule has 0 unspecified atom stereocenters. The van der Waals surface area contributed by atoms with Crippen molar-refractivity contribution in [3.63, 3.8) is 0 Å². The maximum absolute atomic E-state index is 11.5. The fraction of sp³-hybridized carbons (Fsp3) is 1.00. The molecule has 0 aromatic heterocycles. The van der Waals surface area contributed by atoms with E-state index in [4.69, 9.17) is 4.74 Å². The number of rotatable bonds is 4. The fourth-order valence-corrected chi connectivity index (χ4v) is 0.847. The quantitative estimate of drug-likeness (QED) is 0.752. The van der Waals surface area contributed by atoms with Gasteiger partial charge in [0.15, 0.2) is 0 Å². The molecule has 0 aliphatic carbocycles. The molecule has 0 bridgehead atoms. The Morgan fingerprint density at radius 2 is 1.53 bits per heavy atom. The monoisotopic (exact) mass is 249 g/mol. The highest BCUT2D eigenvalue weighted by atomic mass is 19.1. The Morgan fingerprint density at radius 1 is 1.06 bits per heavy atom. The third kappa shape index (κ3) is 15.9. The fourth-order valence-electron chi connectivity index (χ4n) is 0.847. The van der Waals surface area contributed by atoms with Crippen LogP contribution in [0.15, 0.2) is 0 Å². The topological polar surface area (TPSA) is 12.5 Å². The molecule has 0 radical (unpaired) electrons. The van der Waals surface area contributed by atoms with Gasteiger partial charge in [0.1, 0.15) is 0 Å². The molecule has 0 fully saturated rings. The number of likely N-dealkylation sites (N-methyl/N-ethyl adjacent to an activating group) is 1. The van der Waals surface area contributed by atoms with Crippen molar-refractivity contribution in [2.24, 2.45) is 5.41 Å². The molecule has 0 heterocycles. The summed E-state index contributed by atoms with van der Waals surface area (Å²) in [4.78, 5) is 2.27. The van der Waals surface area contributed by atoms with Gasteiger partial charge in [0.25, 0.3) is 0 Å². The minimum absolute atomic E-state index is 0.175. The van der Waals surface area contributed by atoms with Crippen LogP contribution in [0.25, 0.3) is 0 Å². The Hall–Kier alpha value is -0.150. The van der Waals surface area contributed by atoms with Gasteiger partial charge in [-0.2, -0.15) is 0 Å². The van der Waals surface area contributed by atoms with Crippen molar-refractivity contribution in [3.8, 4) is 0 Å². The van der Waals surface area contributed by atoms with Crippen LogP contribution in [0.2, 0.25) is 0 Å². The first-order chi connectivity index (χ1) is 7.54. The van der Waals surface area contributed by atoms with Gasteiger partial charge in [0, 0.05) is 19.2 Å². The van der Waals surface area contributed by atoms with Crippen molar-refractivity contribution < 1.29 is 9.13 Å². The van der Waals surface area contributed by atoms with Gasteiger partial charge in [-0.25, -0.2) is 0 Å². The molecule has 17 heavy (non-hydrogen) atoms. The number of hydrogen-bond donors (Lipinski definition) is 0. The van der Waals surface area contributed by atoms with Gasteiger partial charge < -0.3 is 4.74 Å². The maximum Gasteiger partial charge on any atom is 0.0899 e. The lowest BCUT2D eigenvalue weighted by Crippen LogP contribution is -2.39. The lowest BCUT2D eigenvalue weighted by molar-refractivity contribution is 0.110. The molecule has 0 rings (SSSR count). The van der Waals surface area contributed by atoms with Gasteiger partial charge in [-0.1, -0.05) is 20.8 Å². The predicted octanol–water partition coefficient (Wildman–Crippen LogP) is 3.76. The molecule has 0 aliphatic heterocycles. The Labute approximate surface area is 108 Å². The Morgan fingerprint density at radius 3 is 1.71 bits per heavy atom. The Kier molecular flexibility index (Phi) is 10.0. The molecule has 0 aromatic carbocycles. The summed E-state index contributed by atoms with van der Waals surface area (Å²) in [5.74, 6) is 0. The summed E-state index contributed by atoms with van der Waals surface area (Å²) in [6.45, 7) is 14.3. The SMILES string of the molecule is CC(C)(C)CCF.COCCN(C)C(C)(C)C. The number of nitrogens with zero attached hydrogens (tertiary/aromatic N) is 1. The number of alkyl halides is 1. The highest BCUT2D eigenvalue weighted by Crippen LogP contribution is 2.17. The molecule has 0 atom stereocenters. The lowest BCUT2D eigenvalue weighted by atomic mass is 9.93. The second kappa shape index (κ2) is 8.87. The van der Waals surface area contributed by atoms with Crippen molar-refractivity contribution in [1.29, 1.82) is 0 Å². The van der Waals surface area contributed by atoms with Gasteiger partial charge in [-0.05, 0) is 39.7 Å². The Bertz CT molecular complexity index is 170. The molecule has 0 saturated carbocycles. The summed E-state index contributed by atoms with van der Waals surface area (Å²) >= 11 is 0. The highest BCUT2D eigenvalue weighted by Gasteiger charge is 2.15. The highest BCUT2D eigenvalue weighted by molar-refractivity contribution is 4.71. The smallest absolute Gasteiger partial charge is 0.0899 e. The lowest BCUT2D eigenvalue weighted by Gasteiger charge is -2.31. The molecular formula is C14H32FNO. The van der Waals surface area contributed by atoms with E-state index in [1.165, 1.54) is 0 Å². The van der Waals surface area contributed by atoms with E-state index in [9.17, 15) is 4.39 Å². The second-order valence-electron chi connectivity index (χ2n) is 6.58. The molecule has 0 aromatic rings. The summed E-state index contributed by atoms with van der Waals surface area (Å²) in [6.07, 6.45) is 0.674. The van der Waals surface area contributed by atoms with E-state index in [1.807, 2.05) is 20.8 Å². The number of methoxy groups -OCH3 is 1. The predicted molar refractivity (Wildman–Crippen MR) is 74.3 cm³/mol. The van der Waals surface area contributed by atoms with Gasteiger partial charge in [-0.15, -0.1) is 0 Å². The van der Waals surface area contributed by atoms with Crippen LogP contribution in [-0.4, -0.2) is 44.4 Å². The first kappa shape index (κ1) is 19.2. The van der Waals surface area contributed by atoms with Crippen LogP contribution in [0.3, 0.4) is 0 Å². The molecule has 0 aliphatic rings. The van der Waals surface area contributed by atoms with Crippen molar-refractivity contribution in [3.05, 3.63) is 0 Å². The zero-order valence-corrected chi connectivity index (χ0v) is 13.1. The zero-order valence-electron chi connectivity index (χ0n) is 13.1. The largest absolute Gasteiger partial charge is 0.383 e. The zero-order chi connectivity index (χ0) is 14.1. The third-order valence-corrected chi connectivity index (χ3v) is 2.62. The van der Waals surface area contributed by atoms with E-state index in [1.54, 1.807) is 7.11 Å². The summed E-state index contributed by atoms with van der Waals surface area (Å²) in [5, 5.41) is 0. The van der Waals surface area contributed by atoms with E-state index >= 15 is 0 Å². The minimum Gasteiger partial charge on any atom is -0.383 e. The van der Waals surface area contributed by atoms with Gasteiger partial charge >= 0.3 is 0 Å². The van der Waals surface area contributed by atoms with Gasteiger partial charge in [-0.3, -0.25) is 9.29 Å². The van der Waals surface area contributed by atoms with Crippen LogP contribution in [0.5, 0.6) is 0 Å². The number of halogens is 1. The standard InChI is InChI=1S/C8H19NO.C6H13F/c1-8(2,3)9(4)6-7-10-5;1-6(2,3)4-5-7/h6-7H2,1-5H3;4-5H2,1-3H3. The van der Waals surface area contributed by atoms with E-state index in [0.29, 0.717) is 6.42 Å². The van der Waals surface area contributed by atoms with E-state index in [2.05, 4.69) is 32.7 Å². The van der Waals surface area contributed by atoms with Crippen LogP contribution in [0, 0.1) is 5.41 Å². The molecule has 0 saturated heterocycles. The van der Waals surface area contributed by atoms with Crippen molar-refractivity contribution in [1.82, 2.24) is 4.90 Å². The van der Waals surface area contributed by atoms with E-state index in [0.717, 1.165) is 13.2 Å². The normalized spacial score (nSPS) is 12.4. The summed E-state index contributed by atoms with van der Waals surface area (Å²) in [6, 6.07) is 0. The third-order valence-electron chi connectivity index (χ3n) is 2.62. The first-order valence-corrected chi connectivity index (χ1v) is 6.30. The van der Waals surface area contributed by atoms with Crippen LogP contribution < -0.4 is 0 Å². The second-order valence-corrected chi connectivity index (χ2v) is 6.58. The molecule has 0 spiro atoms. The number of ether oxygens (including phenoxy) is 1. The molecule has 0 N–H and O–H groups in total. The maximum atomic E-state index is 11.5. The van der Waals surface area contributed by atoms with Crippen LogP contribution in [-0.2, 0) is 4.74 Å². The first-order valence-electron chi connectivity index (χ1n) is 6.30. The average Bonchev–Trinajstić information content (AvgIpc) is 2.11. The van der Waals surface area contributed by atoms with E-state index < -0.39 is 0 Å².